The number of nitrogens with two attached hydrogens (primary N) is 1. The van der Waals surface area contributed by atoms with E-state index in [-0.39, 0.29) is 29.7 Å². The zero-order valence-electron chi connectivity index (χ0n) is 13.1. The van der Waals surface area contributed by atoms with Crippen molar-refractivity contribution < 1.29 is 14.1 Å². The molecule has 8 nitrogen and oxygen atoms in total. The first kappa shape index (κ1) is 15.9. The third-order valence-electron chi connectivity index (χ3n) is 4.37. The minimum atomic E-state index is -0.281. The SMILES string of the molecule is NCCC(=O)NC1CCC(NC(=O)c2noc(C3CC3)n2)CC1. The molecule has 8 heteroatoms. The molecule has 2 saturated carbocycles. The fourth-order valence-corrected chi connectivity index (χ4v) is 2.89. The molecule has 0 atom stereocenters. The van der Waals surface area contributed by atoms with Crippen LogP contribution < -0.4 is 16.4 Å². The fraction of sp³-hybridized carbons (Fsp3) is 0.733. The van der Waals surface area contributed by atoms with Crippen LogP contribution in [0.1, 0.15) is 67.4 Å². The fourth-order valence-electron chi connectivity index (χ4n) is 2.89. The van der Waals surface area contributed by atoms with E-state index in [2.05, 4.69) is 20.8 Å². The van der Waals surface area contributed by atoms with Crippen molar-refractivity contribution in [3.8, 4) is 0 Å². The zero-order valence-corrected chi connectivity index (χ0v) is 13.1. The molecule has 126 valence electrons. The van der Waals surface area contributed by atoms with Gasteiger partial charge < -0.3 is 20.9 Å². The second-order valence-electron chi connectivity index (χ2n) is 6.36. The Kier molecular flexibility index (Phi) is 4.90. The molecule has 1 aromatic heterocycles. The van der Waals surface area contributed by atoms with Gasteiger partial charge in [-0.2, -0.15) is 4.98 Å². The molecule has 3 rings (SSSR count). The summed E-state index contributed by atoms with van der Waals surface area (Å²) in [6.07, 6.45) is 5.82. The smallest absolute Gasteiger partial charge is 0.292 e. The van der Waals surface area contributed by atoms with Gasteiger partial charge in [0.15, 0.2) is 0 Å². The van der Waals surface area contributed by atoms with Gasteiger partial charge >= 0.3 is 0 Å². The molecular formula is C15H23N5O3. The van der Waals surface area contributed by atoms with Crippen LogP contribution in [0.5, 0.6) is 0 Å². The number of aromatic nitrogens is 2. The third kappa shape index (κ3) is 4.28. The molecular weight excluding hydrogens is 298 g/mol. The number of hydrogen-bond acceptors (Lipinski definition) is 6. The van der Waals surface area contributed by atoms with E-state index in [1.807, 2.05) is 0 Å². The normalized spacial score (nSPS) is 24.2. The molecule has 1 aromatic rings. The molecule has 0 bridgehead atoms. The van der Waals surface area contributed by atoms with Crippen molar-refractivity contribution in [2.24, 2.45) is 5.73 Å². The molecule has 23 heavy (non-hydrogen) atoms. The minimum absolute atomic E-state index is 0.000567. The molecule has 2 aliphatic rings. The van der Waals surface area contributed by atoms with Crippen LogP contribution in [0.25, 0.3) is 0 Å². The molecule has 1 heterocycles. The molecule has 0 aromatic carbocycles. The number of hydrogen-bond donors (Lipinski definition) is 3. The predicted octanol–water partition coefficient (Wildman–Crippen LogP) is 0.453. The average Bonchev–Trinajstić information content (AvgIpc) is 3.26. The van der Waals surface area contributed by atoms with Crippen molar-refractivity contribution in [2.45, 2.75) is 62.9 Å². The van der Waals surface area contributed by atoms with Gasteiger partial charge in [-0.3, -0.25) is 9.59 Å². The zero-order chi connectivity index (χ0) is 16.2. The Balaban J connectivity index is 1.42. The van der Waals surface area contributed by atoms with E-state index in [0.717, 1.165) is 38.5 Å². The van der Waals surface area contributed by atoms with E-state index in [0.29, 0.717) is 24.8 Å². The van der Waals surface area contributed by atoms with Crippen molar-refractivity contribution in [3.63, 3.8) is 0 Å². The van der Waals surface area contributed by atoms with Crippen LogP contribution in [0.3, 0.4) is 0 Å². The summed E-state index contributed by atoms with van der Waals surface area (Å²) in [6, 6.07) is 0.266. The lowest BCUT2D eigenvalue weighted by atomic mass is 9.91. The maximum Gasteiger partial charge on any atom is 0.292 e. The number of nitrogens with zero attached hydrogens (tertiary/aromatic N) is 2. The molecule has 0 radical (unpaired) electrons. The van der Waals surface area contributed by atoms with Gasteiger partial charge in [-0.05, 0) is 38.5 Å². The Bertz CT molecular complexity index is 561. The molecule has 0 aliphatic heterocycles. The molecule has 0 spiro atoms. The lowest BCUT2D eigenvalue weighted by Crippen LogP contribution is -2.44. The van der Waals surface area contributed by atoms with Crippen molar-refractivity contribution in [3.05, 3.63) is 11.7 Å². The number of nitrogens with one attached hydrogen (secondary N) is 2. The van der Waals surface area contributed by atoms with Gasteiger partial charge in [0.1, 0.15) is 0 Å². The predicted molar refractivity (Wildman–Crippen MR) is 81.6 cm³/mol. The van der Waals surface area contributed by atoms with Crippen molar-refractivity contribution >= 4 is 11.8 Å². The van der Waals surface area contributed by atoms with Crippen LogP contribution in [0.15, 0.2) is 4.52 Å². The van der Waals surface area contributed by atoms with Gasteiger partial charge in [-0.15, -0.1) is 0 Å². The van der Waals surface area contributed by atoms with Gasteiger partial charge in [0, 0.05) is 31.0 Å². The Morgan fingerprint density at radius 3 is 2.35 bits per heavy atom. The quantitative estimate of drug-likeness (QED) is 0.699. The highest BCUT2D eigenvalue weighted by molar-refractivity contribution is 5.90. The molecule has 2 amide bonds. The van der Waals surface area contributed by atoms with Crippen molar-refractivity contribution in [2.75, 3.05) is 6.54 Å². The van der Waals surface area contributed by atoms with E-state index in [9.17, 15) is 9.59 Å². The van der Waals surface area contributed by atoms with Gasteiger partial charge in [-0.25, -0.2) is 0 Å². The number of carbonyl (C=O) groups is 2. The standard InChI is InChI=1S/C15H23N5O3/c16-8-7-12(21)17-10-3-5-11(6-4-10)18-14(22)13-19-15(23-20-13)9-1-2-9/h9-11H,1-8,16H2,(H,17,21)(H,18,22). The lowest BCUT2D eigenvalue weighted by Gasteiger charge is -2.29. The molecule has 0 unspecified atom stereocenters. The van der Waals surface area contributed by atoms with Crippen LogP contribution in [0, 0.1) is 0 Å². The lowest BCUT2D eigenvalue weighted by molar-refractivity contribution is -0.121. The summed E-state index contributed by atoms with van der Waals surface area (Å²) < 4.78 is 5.10. The monoisotopic (exact) mass is 321 g/mol. The maximum atomic E-state index is 12.1. The highest BCUT2D eigenvalue weighted by atomic mass is 16.5. The van der Waals surface area contributed by atoms with Crippen LogP contribution in [-0.4, -0.2) is 40.6 Å². The Morgan fingerprint density at radius 1 is 1.09 bits per heavy atom. The second-order valence-corrected chi connectivity index (χ2v) is 6.36. The summed E-state index contributed by atoms with van der Waals surface area (Å²) in [4.78, 5) is 27.8. The largest absolute Gasteiger partial charge is 0.353 e. The first-order valence-corrected chi connectivity index (χ1v) is 8.29. The third-order valence-corrected chi connectivity index (χ3v) is 4.37. The first-order valence-electron chi connectivity index (χ1n) is 8.29. The molecule has 4 N–H and O–H groups in total. The van der Waals surface area contributed by atoms with E-state index < -0.39 is 0 Å². The average molecular weight is 321 g/mol. The van der Waals surface area contributed by atoms with Gasteiger partial charge in [0.05, 0.1) is 0 Å². The summed E-state index contributed by atoms with van der Waals surface area (Å²) in [6.45, 7) is 0.366. The van der Waals surface area contributed by atoms with Crippen LogP contribution in [-0.2, 0) is 4.79 Å². The molecule has 0 saturated heterocycles. The maximum absolute atomic E-state index is 12.1. The topological polar surface area (TPSA) is 123 Å². The molecule has 2 fully saturated rings. The Morgan fingerprint density at radius 2 is 1.74 bits per heavy atom. The van der Waals surface area contributed by atoms with Gasteiger partial charge in [-0.1, -0.05) is 5.16 Å². The summed E-state index contributed by atoms with van der Waals surface area (Å²) in [7, 11) is 0. The van der Waals surface area contributed by atoms with Crippen LogP contribution >= 0.6 is 0 Å². The highest BCUT2D eigenvalue weighted by Gasteiger charge is 2.31. The number of carbonyl (C=O) groups excluding carboxylic acids is 2. The van der Waals surface area contributed by atoms with Crippen LogP contribution in [0.4, 0.5) is 0 Å². The summed E-state index contributed by atoms with van der Waals surface area (Å²) in [5.41, 5.74) is 5.36. The van der Waals surface area contributed by atoms with Crippen molar-refractivity contribution in [1.82, 2.24) is 20.8 Å². The van der Waals surface area contributed by atoms with E-state index >= 15 is 0 Å². The second kappa shape index (κ2) is 7.08. The van der Waals surface area contributed by atoms with Crippen LogP contribution in [0.2, 0.25) is 0 Å². The van der Waals surface area contributed by atoms with Crippen molar-refractivity contribution in [1.29, 1.82) is 0 Å². The van der Waals surface area contributed by atoms with Gasteiger partial charge in [0.25, 0.3) is 11.7 Å². The van der Waals surface area contributed by atoms with E-state index in [1.165, 1.54) is 0 Å². The van der Waals surface area contributed by atoms with E-state index in [4.69, 9.17) is 10.3 Å². The first-order chi connectivity index (χ1) is 11.2. The molecule has 2 aliphatic carbocycles. The summed E-state index contributed by atoms with van der Waals surface area (Å²) >= 11 is 0. The minimum Gasteiger partial charge on any atom is -0.353 e. The Hall–Kier alpha value is -1.96. The van der Waals surface area contributed by atoms with E-state index in [1.54, 1.807) is 0 Å². The number of rotatable bonds is 6. The number of amides is 2. The van der Waals surface area contributed by atoms with Gasteiger partial charge in [0.2, 0.25) is 11.8 Å². The highest BCUT2D eigenvalue weighted by Crippen LogP contribution is 2.38. The Labute approximate surface area is 134 Å². The summed E-state index contributed by atoms with van der Waals surface area (Å²) in [5.74, 6) is 0.749. The summed E-state index contributed by atoms with van der Waals surface area (Å²) in [5, 5.41) is 9.68.